The van der Waals surface area contributed by atoms with Gasteiger partial charge in [-0.3, -0.25) is 4.98 Å². The highest BCUT2D eigenvalue weighted by Gasteiger charge is 1.87. The van der Waals surface area contributed by atoms with Gasteiger partial charge in [-0.25, -0.2) is 4.98 Å². The van der Waals surface area contributed by atoms with E-state index < -0.39 is 0 Å². The smallest absolute Gasteiger partial charge is 0.141 e. The summed E-state index contributed by atoms with van der Waals surface area (Å²) in [4.78, 5) is 7.81. The molecule has 12 heavy (non-hydrogen) atoms. The van der Waals surface area contributed by atoms with Crippen LogP contribution >= 0.6 is 0 Å². The molecule has 0 aliphatic heterocycles. The molecule has 60 valence electrons. The second kappa shape index (κ2) is 4.09. The molecule has 0 radical (unpaired) electrons. The molecule has 0 aliphatic carbocycles. The van der Waals surface area contributed by atoms with Crippen molar-refractivity contribution in [1.29, 1.82) is 5.26 Å². The van der Waals surface area contributed by atoms with Gasteiger partial charge in [0.25, 0.3) is 0 Å². The highest BCUT2D eigenvalue weighted by Crippen LogP contribution is 1.98. The van der Waals surface area contributed by atoms with E-state index in [9.17, 15) is 0 Å². The quantitative estimate of drug-likeness (QED) is 0.699. The first kappa shape index (κ1) is 8.21. The first-order chi connectivity index (χ1) is 5.83. The molecule has 0 bridgehead atoms. The number of hydrogen-bond acceptors (Lipinski definition) is 4. The second-order valence-corrected chi connectivity index (χ2v) is 2.13. The van der Waals surface area contributed by atoms with Gasteiger partial charge < -0.3 is 5.73 Å². The fourth-order valence-corrected chi connectivity index (χ4v) is 0.666. The molecule has 0 spiro atoms. The van der Waals surface area contributed by atoms with Crippen LogP contribution in [0.15, 0.2) is 18.5 Å². The van der Waals surface area contributed by atoms with Gasteiger partial charge in [-0.15, -0.1) is 0 Å². The highest BCUT2D eigenvalue weighted by molar-refractivity contribution is 5.44. The first-order valence-electron chi connectivity index (χ1n) is 3.44. The van der Waals surface area contributed by atoms with Gasteiger partial charge >= 0.3 is 0 Å². The topological polar surface area (TPSA) is 75.6 Å². The van der Waals surface area contributed by atoms with E-state index in [1.165, 1.54) is 6.20 Å². The summed E-state index contributed by atoms with van der Waals surface area (Å²) in [5.74, 6) is 0.396. The Morgan fingerprint density at radius 2 is 2.33 bits per heavy atom. The molecular formula is C8H8N4. The van der Waals surface area contributed by atoms with Crippen LogP contribution in [-0.2, 0) is 0 Å². The van der Waals surface area contributed by atoms with Crippen LogP contribution in [0.3, 0.4) is 0 Å². The number of nitriles is 1. The van der Waals surface area contributed by atoms with Crippen LogP contribution in [0.4, 0.5) is 5.82 Å². The summed E-state index contributed by atoms with van der Waals surface area (Å²) in [7, 11) is 0. The predicted octanol–water partition coefficient (Wildman–Crippen LogP) is 0.986. The number of nitrogens with two attached hydrogens (primary N) is 1. The first-order valence-corrected chi connectivity index (χ1v) is 3.44. The van der Waals surface area contributed by atoms with Crippen molar-refractivity contribution in [1.82, 2.24) is 9.97 Å². The summed E-state index contributed by atoms with van der Waals surface area (Å²) in [5, 5.41) is 8.23. The minimum Gasteiger partial charge on any atom is -0.382 e. The Balaban J connectivity index is 2.66. The molecule has 0 atom stereocenters. The molecule has 1 aromatic rings. The Bertz CT molecular complexity index is 307. The lowest BCUT2D eigenvalue weighted by molar-refractivity contribution is 1.19. The van der Waals surface area contributed by atoms with Crippen molar-refractivity contribution >= 4 is 11.9 Å². The maximum absolute atomic E-state index is 8.23. The summed E-state index contributed by atoms with van der Waals surface area (Å²) < 4.78 is 0. The fourth-order valence-electron chi connectivity index (χ4n) is 0.666. The molecule has 1 rings (SSSR count). The summed E-state index contributed by atoms with van der Waals surface area (Å²) in [6, 6.07) is 1.99. The van der Waals surface area contributed by atoms with Gasteiger partial charge in [0.2, 0.25) is 0 Å². The van der Waals surface area contributed by atoms with Gasteiger partial charge in [-0.05, 0) is 6.08 Å². The maximum atomic E-state index is 8.23. The number of allylic oxidation sites excluding steroid dienone is 1. The number of rotatable bonds is 2. The molecule has 4 heteroatoms. The number of anilines is 1. The van der Waals surface area contributed by atoms with Crippen molar-refractivity contribution in [2.24, 2.45) is 0 Å². The normalized spacial score (nSPS) is 9.92. The minimum absolute atomic E-state index is 0.381. The van der Waals surface area contributed by atoms with Crippen LogP contribution in [0.2, 0.25) is 0 Å². The van der Waals surface area contributed by atoms with Crippen molar-refractivity contribution < 1.29 is 0 Å². The molecule has 1 heterocycles. The van der Waals surface area contributed by atoms with Crippen LogP contribution < -0.4 is 5.73 Å². The molecule has 2 N–H and O–H groups in total. The third-order valence-corrected chi connectivity index (χ3v) is 1.19. The van der Waals surface area contributed by atoms with Gasteiger partial charge in [-0.1, -0.05) is 6.08 Å². The number of nitrogen functional groups attached to an aromatic ring is 1. The summed E-state index contributed by atoms with van der Waals surface area (Å²) >= 11 is 0. The van der Waals surface area contributed by atoms with Crippen molar-refractivity contribution in [3.63, 3.8) is 0 Å². The third kappa shape index (κ3) is 2.39. The van der Waals surface area contributed by atoms with E-state index in [-0.39, 0.29) is 0 Å². The standard InChI is InChI=1S/C8H8N4/c9-4-2-1-3-7-5-12-8(10)6-11-7/h1,3,5-6H,2H2,(H2,10,12). The Hall–Kier alpha value is -1.89. The summed E-state index contributed by atoms with van der Waals surface area (Å²) in [5.41, 5.74) is 6.04. The van der Waals surface area contributed by atoms with Crippen molar-refractivity contribution in [2.75, 3.05) is 5.73 Å². The zero-order valence-electron chi connectivity index (χ0n) is 6.44. The average Bonchev–Trinajstić information content (AvgIpc) is 2.09. The number of nitrogens with zero attached hydrogens (tertiary/aromatic N) is 3. The van der Waals surface area contributed by atoms with E-state index in [1.54, 1.807) is 18.3 Å². The lowest BCUT2D eigenvalue weighted by atomic mass is 10.3. The predicted molar refractivity (Wildman–Crippen MR) is 45.7 cm³/mol. The Labute approximate surface area is 70.4 Å². The van der Waals surface area contributed by atoms with Gasteiger partial charge in [0, 0.05) is 0 Å². The molecule has 0 saturated carbocycles. The Kier molecular flexibility index (Phi) is 2.79. The summed E-state index contributed by atoms with van der Waals surface area (Å²) in [6.07, 6.45) is 6.87. The van der Waals surface area contributed by atoms with Crippen molar-refractivity contribution in [3.05, 3.63) is 24.2 Å². The van der Waals surface area contributed by atoms with Gasteiger partial charge in [0.05, 0.1) is 30.6 Å². The van der Waals surface area contributed by atoms with E-state index in [1.807, 2.05) is 6.07 Å². The fraction of sp³-hybridized carbons (Fsp3) is 0.125. The molecule has 0 saturated heterocycles. The zero-order valence-corrected chi connectivity index (χ0v) is 6.44. The van der Waals surface area contributed by atoms with Gasteiger partial charge in [0.15, 0.2) is 0 Å². The lowest BCUT2D eigenvalue weighted by Gasteiger charge is -1.91. The maximum Gasteiger partial charge on any atom is 0.141 e. The highest BCUT2D eigenvalue weighted by atomic mass is 14.9. The molecule has 0 aromatic carbocycles. The summed E-state index contributed by atoms with van der Waals surface area (Å²) in [6.45, 7) is 0. The molecule has 0 fully saturated rings. The molecule has 0 unspecified atom stereocenters. The van der Waals surface area contributed by atoms with Crippen LogP contribution in [0.5, 0.6) is 0 Å². The van der Waals surface area contributed by atoms with Crippen LogP contribution in [0, 0.1) is 11.3 Å². The minimum atomic E-state index is 0.381. The monoisotopic (exact) mass is 160 g/mol. The van der Waals surface area contributed by atoms with Gasteiger partial charge in [-0.2, -0.15) is 5.26 Å². The second-order valence-electron chi connectivity index (χ2n) is 2.13. The van der Waals surface area contributed by atoms with E-state index in [0.29, 0.717) is 17.9 Å². The van der Waals surface area contributed by atoms with Crippen LogP contribution in [0.25, 0.3) is 6.08 Å². The SMILES string of the molecule is N#CCC=Cc1cnc(N)cn1. The van der Waals surface area contributed by atoms with Crippen LogP contribution in [-0.4, -0.2) is 9.97 Å². The molecule has 0 amide bonds. The number of aromatic nitrogens is 2. The molecule has 0 aliphatic rings. The largest absolute Gasteiger partial charge is 0.382 e. The third-order valence-electron chi connectivity index (χ3n) is 1.19. The lowest BCUT2D eigenvalue weighted by Crippen LogP contribution is -1.91. The Morgan fingerprint density at radius 1 is 1.50 bits per heavy atom. The van der Waals surface area contributed by atoms with E-state index in [0.717, 1.165) is 0 Å². The van der Waals surface area contributed by atoms with E-state index in [2.05, 4.69) is 9.97 Å². The van der Waals surface area contributed by atoms with Gasteiger partial charge in [0.1, 0.15) is 5.82 Å². The number of hydrogen-bond donors (Lipinski definition) is 1. The average molecular weight is 160 g/mol. The van der Waals surface area contributed by atoms with Crippen molar-refractivity contribution in [3.8, 4) is 6.07 Å². The molecule has 1 aromatic heterocycles. The van der Waals surface area contributed by atoms with Crippen LogP contribution in [0.1, 0.15) is 12.1 Å². The molecular weight excluding hydrogens is 152 g/mol. The van der Waals surface area contributed by atoms with E-state index >= 15 is 0 Å². The zero-order chi connectivity index (χ0) is 8.81. The van der Waals surface area contributed by atoms with E-state index in [4.69, 9.17) is 11.0 Å². The molecule has 4 nitrogen and oxygen atoms in total. The van der Waals surface area contributed by atoms with Crippen molar-refractivity contribution in [2.45, 2.75) is 6.42 Å². The Morgan fingerprint density at radius 3 is 2.92 bits per heavy atom.